The number of rotatable bonds is 8. The van der Waals surface area contributed by atoms with E-state index in [-0.39, 0.29) is 23.3 Å². The Bertz CT molecular complexity index is 1330. The molecule has 0 bridgehead atoms. The number of carbonyl (C=O) groups excluding carboxylic acids is 1. The Morgan fingerprint density at radius 2 is 1.88 bits per heavy atom. The highest BCUT2D eigenvalue weighted by Crippen LogP contribution is 2.21. The Hall–Kier alpha value is -3.59. The van der Waals surface area contributed by atoms with Crippen LogP contribution in [0, 0.1) is 0 Å². The van der Waals surface area contributed by atoms with E-state index in [0.29, 0.717) is 28.4 Å². The van der Waals surface area contributed by atoms with Gasteiger partial charge in [0.05, 0.1) is 36.5 Å². The van der Waals surface area contributed by atoms with Crippen molar-refractivity contribution in [2.75, 3.05) is 18.2 Å². The van der Waals surface area contributed by atoms with Gasteiger partial charge in [-0.15, -0.1) is 0 Å². The fourth-order valence-electron chi connectivity index (χ4n) is 3.44. The SMILES string of the molecule is COc1ccc(Cn2c(SCC(=O)Nc3ccnn3C(C)C)nc3ccccc3c2=O)cc1. The summed E-state index contributed by atoms with van der Waals surface area (Å²) in [6, 6.07) is 16.7. The molecule has 0 unspecified atom stereocenters. The van der Waals surface area contributed by atoms with Crippen LogP contribution in [0.3, 0.4) is 0 Å². The van der Waals surface area contributed by atoms with E-state index in [2.05, 4.69) is 15.4 Å². The molecule has 0 spiro atoms. The van der Waals surface area contributed by atoms with Gasteiger partial charge in [0.25, 0.3) is 5.56 Å². The van der Waals surface area contributed by atoms with E-state index in [4.69, 9.17) is 4.74 Å². The quantitative estimate of drug-likeness (QED) is 0.314. The average molecular weight is 464 g/mol. The summed E-state index contributed by atoms with van der Waals surface area (Å²) in [6.45, 7) is 4.33. The Morgan fingerprint density at radius 3 is 2.61 bits per heavy atom. The van der Waals surface area contributed by atoms with E-state index >= 15 is 0 Å². The van der Waals surface area contributed by atoms with Gasteiger partial charge in [0.2, 0.25) is 5.91 Å². The Labute approximate surface area is 195 Å². The normalized spacial score (nSPS) is 11.2. The number of para-hydroxylation sites is 1. The second-order valence-electron chi connectivity index (χ2n) is 7.74. The van der Waals surface area contributed by atoms with Crippen LogP contribution in [0.15, 0.2) is 70.7 Å². The first-order valence-corrected chi connectivity index (χ1v) is 11.5. The van der Waals surface area contributed by atoms with E-state index in [9.17, 15) is 9.59 Å². The van der Waals surface area contributed by atoms with Crippen molar-refractivity contribution in [3.8, 4) is 5.75 Å². The molecule has 0 aliphatic rings. The van der Waals surface area contributed by atoms with Crippen LogP contribution in [0.4, 0.5) is 5.82 Å². The molecule has 2 aromatic carbocycles. The van der Waals surface area contributed by atoms with Crippen molar-refractivity contribution in [1.29, 1.82) is 0 Å². The number of methoxy groups -OCH3 is 1. The van der Waals surface area contributed by atoms with Crippen molar-refractivity contribution in [3.63, 3.8) is 0 Å². The van der Waals surface area contributed by atoms with Gasteiger partial charge in [-0.25, -0.2) is 9.67 Å². The minimum Gasteiger partial charge on any atom is -0.497 e. The highest BCUT2D eigenvalue weighted by molar-refractivity contribution is 7.99. The molecule has 0 saturated heterocycles. The molecule has 8 nitrogen and oxygen atoms in total. The molecule has 0 aliphatic heterocycles. The molecule has 2 aromatic heterocycles. The molecule has 0 atom stereocenters. The highest BCUT2D eigenvalue weighted by atomic mass is 32.2. The van der Waals surface area contributed by atoms with Gasteiger partial charge in [-0.1, -0.05) is 36.0 Å². The van der Waals surface area contributed by atoms with Crippen LogP contribution in [0.1, 0.15) is 25.5 Å². The molecular formula is C24H25N5O3S. The maximum atomic E-state index is 13.3. The topological polar surface area (TPSA) is 91.0 Å². The third kappa shape index (κ3) is 5.09. The first-order chi connectivity index (χ1) is 16.0. The van der Waals surface area contributed by atoms with E-state index in [0.717, 1.165) is 11.3 Å². The Kier molecular flexibility index (Phi) is 6.79. The standard InChI is InChI=1S/C24H25N5O3S/c1-16(2)29-21(12-13-25-29)27-22(30)15-33-24-26-20-7-5-4-6-19(20)23(31)28(24)14-17-8-10-18(32-3)11-9-17/h4-13,16H,14-15H2,1-3H3,(H,27,30). The van der Waals surface area contributed by atoms with Gasteiger partial charge < -0.3 is 10.1 Å². The van der Waals surface area contributed by atoms with Crippen molar-refractivity contribution in [2.45, 2.75) is 31.6 Å². The lowest BCUT2D eigenvalue weighted by Gasteiger charge is -2.14. The number of benzene rings is 2. The van der Waals surface area contributed by atoms with Crippen LogP contribution in [0.5, 0.6) is 5.75 Å². The summed E-state index contributed by atoms with van der Waals surface area (Å²) in [4.78, 5) is 30.6. The molecule has 4 rings (SSSR count). The summed E-state index contributed by atoms with van der Waals surface area (Å²) >= 11 is 1.23. The molecule has 0 fully saturated rings. The molecule has 0 saturated carbocycles. The van der Waals surface area contributed by atoms with E-state index in [1.807, 2.05) is 50.2 Å². The average Bonchev–Trinajstić information content (AvgIpc) is 3.28. The van der Waals surface area contributed by atoms with Crippen LogP contribution >= 0.6 is 11.8 Å². The van der Waals surface area contributed by atoms with Gasteiger partial charge in [0.1, 0.15) is 11.6 Å². The third-order valence-electron chi connectivity index (χ3n) is 5.09. The van der Waals surface area contributed by atoms with Crippen molar-refractivity contribution in [1.82, 2.24) is 19.3 Å². The monoisotopic (exact) mass is 463 g/mol. The summed E-state index contributed by atoms with van der Waals surface area (Å²) in [6.07, 6.45) is 1.65. The van der Waals surface area contributed by atoms with E-state index < -0.39 is 0 Å². The number of aromatic nitrogens is 4. The molecule has 33 heavy (non-hydrogen) atoms. The zero-order valence-electron chi connectivity index (χ0n) is 18.7. The van der Waals surface area contributed by atoms with Gasteiger partial charge >= 0.3 is 0 Å². The molecule has 2 heterocycles. The van der Waals surface area contributed by atoms with Crippen molar-refractivity contribution in [3.05, 3.63) is 76.7 Å². The molecule has 0 aliphatic carbocycles. The second-order valence-corrected chi connectivity index (χ2v) is 8.69. The summed E-state index contributed by atoms with van der Waals surface area (Å²) in [5, 5.41) is 8.15. The zero-order chi connectivity index (χ0) is 23.4. The lowest BCUT2D eigenvalue weighted by Crippen LogP contribution is -2.25. The lowest BCUT2D eigenvalue weighted by atomic mass is 10.2. The van der Waals surface area contributed by atoms with Crippen molar-refractivity contribution < 1.29 is 9.53 Å². The van der Waals surface area contributed by atoms with Gasteiger partial charge in [-0.05, 0) is 43.7 Å². The Balaban J connectivity index is 1.60. The smallest absolute Gasteiger partial charge is 0.262 e. The second kappa shape index (κ2) is 9.91. The highest BCUT2D eigenvalue weighted by Gasteiger charge is 2.15. The van der Waals surface area contributed by atoms with E-state index in [1.165, 1.54) is 11.8 Å². The number of nitrogens with zero attached hydrogens (tertiary/aromatic N) is 4. The summed E-state index contributed by atoms with van der Waals surface area (Å²) in [7, 11) is 1.61. The van der Waals surface area contributed by atoms with Crippen LogP contribution in [-0.4, -0.2) is 38.1 Å². The number of thioether (sulfide) groups is 1. The van der Waals surface area contributed by atoms with Gasteiger partial charge in [-0.2, -0.15) is 5.10 Å². The predicted octanol–water partition coefficient (Wildman–Crippen LogP) is 3.96. The zero-order valence-corrected chi connectivity index (χ0v) is 19.5. The molecule has 1 N–H and O–H groups in total. The summed E-state index contributed by atoms with van der Waals surface area (Å²) in [5.41, 5.74) is 1.40. The first-order valence-electron chi connectivity index (χ1n) is 10.5. The number of hydrogen-bond donors (Lipinski definition) is 1. The lowest BCUT2D eigenvalue weighted by molar-refractivity contribution is -0.113. The van der Waals surface area contributed by atoms with Crippen molar-refractivity contribution in [2.24, 2.45) is 0 Å². The number of amides is 1. The largest absolute Gasteiger partial charge is 0.497 e. The first kappa shape index (κ1) is 22.6. The maximum Gasteiger partial charge on any atom is 0.262 e. The number of hydrogen-bond acceptors (Lipinski definition) is 6. The maximum absolute atomic E-state index is 13.3. The molecule has 170 valence electrons. The minimum atomic E-state index is -0.194. The minimum absolute atomic E-state index is 0.108. The van der Waals surface area contributed by atoms with E-state index in [1.54, 1.807) is 40.8 Å². The van der Waals surface area contributed by atoms with Gasteiger partial charge in [0.15, 0.2) is 5.16 Å². The fourth-order valence-corrected chi connectivity index (χ4v) is 4.24. The predicted molar refractivity (Wildman–Crippen MR) is 130 cm³/mol. The van der Waals surface area contributed by atoms with Gasteiger partial charge in [-0.3, -0.25) is 14.2 Å². The van der Waals surface area contributed by atoms with Crippen LogP contribution in [0.2, 0.25) is 0 Å². The molecule has 0 radical (unpaired) electrons. The number of carbonyl (C=O) groups is 1. The van der Waals surface area contributed by atoms with Crippen molar-refractivity contribution >= 4 is 34.4 Å². The number of anilines is 1. The van der Waals surface area contributed by atoms with Crippen LogP contribution in [0.25, 0.3) is 10.9 Å². The number of nitrogens with one attached hydrogen (secondary N) is 1. The fraction of sp³-hybridized carbons (Fsp3) is 0.250. The van der Waals surface area contributed by atoms with Crippen LogP contribution < -0.4 is 15.6 Å². The third-order valence-corrected chi connectivity index (χ3v) is 6.06. The van der Waals surface area contributed by atoms with Crippen LogP contribution in [-0.2, 0) is 11.3 Å². The molecule has 4 aromatic rings. The van der Waals surface area contributed by atoms with Gasteiger partial charge in [0, 0.05) is 12.1 Å². The number of ether oxygens (including phenoxy) is 1. The summed E-state index contributed by atoms with van der Waals surface area (Å²) in [5.74, 6) is 1.30. The number of fused-ring (bicyclic) bond motifs is 1. The Morgan fingerprint density at radius 1 is 1.12 bits per heavy atom. The summed E-state index contributed by atoms with van der Waals surface area (Å²) < 4.78 is 8.58. The molecular weight excluding hydrogens is 438 g/mol. The molecule has 1 amide bonds. The molecule has 9 heteroatoms.